The highest BCUT2D eigenvalue weighted by Gasteiger charge is 2.34. The van der Waals surface area contributed by atoms with Crippen molar-refractivity contribution in [1.82, 2.24) is 10.2 Å². The average molecular weight is 436 g/mol. The number of benzene rings is 2. The Kier molecular flexibility index (Phi) is 6.80. The molecule has 6 nitrogen and oxygen atoms in total. The molecule has 0 radical (unpaired) electrons. The summed E-state index contributed by atoms with van der Waals surface area (Å²) in [4.78, 5) is 28.2. The van der Waals surface area contributed by atoms with Gasteiger partial charge in [-0.15, -0.1) is 0 Å². The predicted octanol–water partition coefficient (Wildman–Crippen LogP) is 5.18. The first-order valence-corrected chi connectivity index (χ1v) is 11.7. The van der Waals surface area contributed by atoms with Crippen LogP contribution < -0.4 is 10.2 Å². The van der Waals surface area contributed by atoms with E-state index in [1.54, 1.807) is 6.92 Å². The SMILES string of the molecule is CC[C@H]1C[C@@H](NC(=O)O)c2cc(-c3ccc(CN4CCCCC4)cc3)ccc2N1C(C)=O. The molecule has 6 heteroatoms. The zero-order valence-corrected chi connectivity index (χ0v) is 19.0. The lowest BCUT2D eigenvalue weighted by Gasteiger charge is -2.40. The second kappa shape index (κ2) is 9.74. The van der Waals surface area contributed by atoms with Crippen molar-refractivity contribution >= 4 is 17.7 Å². The van der Waals surface area contributed by atoms with E-state index in [1.807, 2.05) is 30.0 Å². The van der Waals surface area contributed by atoms with Crippen LogP contribution in [-0.2, 0) is 11.3 Å². The number of nitrogens with one attached hydrogen (secondary N) is 1. The summed E-state index contributed by atoms with van der Waals surface area (Å²) in [7, 11) is 0. The van der Waals surface area contributed by atoms with Crippen molar-refractivity contribution in [3.63, 3.8) is 0 Å². The standard InChI is InChI=1S/C26H33N3O3/c1-3-22-16-24(27-26(31)32)23-15-21(11-12-25(23)29(22)18(2)30)20-9-7-19(8-10-20)17-28-13-5-4-6-14-28/h7-12,15,22,24,27H,3-6,13-14,16-17H2,1-2H3,(H,31,32)/t22-,24+/m0/s1. The molecule has 0 aromatic heterocycles. The molecule has 2 N–H and O–H groups in total. The van der Waals surface area contributed by atoms with Crippen molar-refractivity contribution in [2.24, 2.45) is 0 Å². The number of hydrogen-bond acceptors (Lipinski definition) is 3. The van der Waals surface area contributed by atoms with Gasteiger partial charge >= 0.3 is 6.09 Å². The van der Waals surface area contributed by atoms with Crippen LogP contribution in [0.25, 0.3) is 11.1 Å². The quantitative estimate of drug-likeness (QED) is 0.678. The number of amides is 2. The van der Waals surface area contributed by atoms with Gasteiger partial charge in [-0.3, -0.25) is 9.69 Å². The lowest BCUT2D eigenvalue weighted by Crippen LogP contribution is -2.46. The van der Waals surface area contributed by atoms with Gasteiger partial charge in [0.15, 0.2) is 0 Å². The van der Waals surface area contributed by atoms with Crippen molar-refractivity contribution in [2.45, 2.75) is 64.6 Å². The number of carboxylic acid groups (broad SMARTS) is 1. The van der Waals surface area contributed by atoms with E-state index in [9.17, 15) is 14.7 Å². The van der Waals surface area contributed by atoms with Gasteiger partial charge in [0.25, 0.3) is 0 Å². The molecule has 2 aromatic carbocycles. The van der Waals surface area contributed by atoms with E-state index < -0.39 is 6.09 Å². The molecular weight excluding hydrogens is 402 g/mol. The van der Waals surface area contributed by atoms with Crippen LogP contribution in [0.15, 0.2) is 42.5 Å². The van der Waals surface area contributed by atoms with Crippen molar-refractivity contribution < 1.29 is 14.7 Å². The van der Waals surface area contributed by atoms with Gasteiger partial charge in [0.2, 0.25) is 5.91 Å². The first kappa shape index (κ1) is 22.3. The van der Waals surface area contributed by atoms with E-state index >= 15 is 0 Å². The summed E-state index contributed by atoms with van der Waals surface area (Å²) in [5.41, 5.74) is 5.11. The smallest absolute Gasteiger partial charge is 0.405 e. The van der Waals surface area contributed by atoms with E-state index in [4.69, 9.17) is 0 Å². The first-order chi connectivity index (χ1) is 15.5. The number of carbonyl (C=O) groups is 2. The third-order valence-electron chi connectivity index (χ3n) is 6.79. The van der Waals surface area contributed by atoms with Gasteiger partial charge in [-0.2, -0.15) is 0 Å². The van der Waals surface area contributed by atoms with Crippen LogP contribution >= 0.6 is 0 Å². The number of anilines is 1. The number of rotatable bonds is 5. The topological polar surface area (TPSA) is 72.9 Å². The van der Waals surface area contributed by atoms with E-state index in [2.05, 4.69) is 34.5 Å². The molecule has 32 heavy (non-hydrogen) atoms. The Balaban J connectivity index is 1.62. The molecule has 2 heterocycles. The maximum Gasteiger partial charge on any atom is 0.405 e. The Bertz CT molecular complexity index is 967. The molecule has 0 bridgehead atoms. The molecule has 2 aliphatic heterocycles. The third kappa shape index (κ3) is 4.80. The fourth-order valence-corrected chi connectivity index (χ4v) is 5.17. The number of carbonyl (C=O) groups excluding carboxylic acids is 1. The minimum atomic E-state index is -1.04. The average Bonchev–Trinajstić information content (AvgIpc) is 2.79. The Morgan fingerprint density at radius 1 is 1.03 bits per heavy atom. The Hall–Kier alpha value is -2.86. The van der Waals surface area contributed by atoms with Gasteiger partial charge in [-0.1, -0.05) is 43.7 Å². The number of piperidine rings is 1. The molecule has 1 saturated heterocycles. The normalized spacial score (nSPS) is 21.1. The highest BCUT2D eigenvalue weighted by Crippen LogP contribution is 2.40. The van der Waals surface area contributed by atoms with Crippen LogP contribution in [0.2, 0.25) is 0 Å². The lowest BCUT2D eigenvalue weighted by molar-refractivity contribution is -0.117. The maximum absolute atomic E-state index is 12.4. The largest absolute Gasteiger partial charge is 0.465 e. The summed E-state index contributed by atoms with van der Waals surface area (Å²) < 4.78 is 0. The van der Waals surface area contributed by atoms with E-state index in [0.717, 1.165) is 35.3 Å². The molecule has 0 spiro atoms. The summed E-state index contributed by atoms with van der Waals surface area (Å²) >= 11 is 0. The van der Waals surface area contributed by atoms with Gasteiger partial charge in [-0.25, -0.2) is 4.79 Å². The highest BCUT2D eigenvalue weighted by molar-refractivity contribution is 5.94. The Morgan fingerprint density at radius 2 is 1.72 bits per heavy atom. The second-order valence-electron chi connectivity index (χ2n) is 9.00. The van der Waals surface area contributed by atoms with Crippen molar-refractivity contribution in [2.75, 3.05) is 18.0 Å². The van der Waals surface area contributed by atoms with Gasteiger partial charge in [0, 0.05) is 25.2 Å². The van der Waals surface area contributed by atoms with Crippen LogP contribution in [0.5, 0.6) is 0 Å². The Morgan fingerprint density at radius 3 is 2.34 bits per heavy atom. The molecule has 170 valence electrons. The molecular formula is C26H33N3O3. The van der Waals surface area contributed by atoms with Crippen LogP contribution in [0.1, 0.15) is 63.1 Å². The molecule has 4 rings (SSSR count). The number of fused-ring (bicyclic) bond motifs is 1. The molecule has 0 saturated carbocycles. The Labute approximate surface area is 190 Å². The highest BCUT2D eigenvalue weighted by atomic mass is 16.4. The summed E-state index contributed by atoms with van der Waals surface area (Å²) in [5, 5.41) is 12.0. The number of nitrogens with zero attached hydrogens (tertiary/aromatic N) is 2. The van der Waals surface area contributed by atoms with Crippen molar-refractivity contribution in [3.05, 3.63) is 53.6 Å². The molecule has 2 aromatic rings. The van der Waals surface area contributed by atoms with E-state index in [1.165, 1.54) is 37.9 Å². The third-order valence-corrected chi connectivity index (χ3v) is 6.79. The van der Waals surface area contributed by atoms with Gasteiger partial charge in [0.05, 0.1) is 6.04 Å². The fraction of sp³-hybridized carbons (Fsp3) is 0.462. The minimum absolute atomic E-state index is 0.0123. The van der Waals surface area contributed by atoms with Crippen molar-refractivity contribution in [3.8, 4) is 11.1 Å². The second-order valence-corrected chi connectivity index (χ2v) is 9.00. The molecule has 2 atom stereocenters. The van der Waals surface area contributed by atoms with Crippen LogP contribution in [0, 0.1) is 0 Å². The first-order valence-electron chi connectivity index (χ1n) is 11.7. The van der Waals surface area contributed by atoms with Gasteiger partial charge in [0.1, 0.15) is 0 Å². The fourth-order valence-electron chi connectivity index (χ4n) is 5.17. The van der Waals surface area contributed by atoms with E-state index in [-0.39, 0.29) is 18.0 Å². The molecule has 1 fully saturated rings. The van der Waals surface area contributed by atoms with Crippen LogP contribution in [-0.4, -0.2) is 41.1 Å². The monoisotopic (exact) mass is 435 g/mol. The summed E-state index contributed by atoms with van der Waals surface area (Å²) in [6.07, 6.45) is 4.22. The summed E-state index contributed by atoms with van der Waals surface area (Å²) in [5.74, 6) is -0.0123. The minimum Gasteiger partial charge on any atom is -0.465 e. The van der Waals surface area contributed by atoms with Crippen LogP contribution in [0.4, 0.5) is 10.5 Å². The molecule has 2 aliphatic rings. The number of hydrogen-bond donors (Lipinski definition) is 2. The van der Waals surface area contributed by atoms with Crippen molar-refractivity contribution in [1.29, 1.82) is 0 Å². The number of likely N-dealkylation sites (tertiary alicyclic amines) is 1. The summed E-state index contributed by atoms with van der Waals surface area (Å²) in [6.45, 7) is 6.95. The lowest BCUT2D eigenvalue weighted by atomic mass is 9.87. The summed E-state index contributed by atoms with van der Waals surface area (Å²) in [6, 6.07) is 14.3. The maximum atomic E-state index is 12.4. The molecule has 0 unspecified atom stereocenters. The van der Waals surface area contributed by atoms with Gasteiger partial charge in [-0.05, 0) is 73.2 Å². The van der Waals surface area contributed by atoms with Gasteiger partial charge < -0.3 is 15.3 Å². The zero-order valence-electron chi connectivity index (χ0n) is 19.0. The predicted molar refractivity (Wildman–Crippen MR) is 127 cm³/mol. The zero-order chi connectivity index (χ0) is 22.7. The molecule has 0 aliphatic carbocycles. The molecule has 2 amide bonds. The van der Waals surface area contributed by atoms with E-state index in [0.29, 0.717) is 6.42 Å². The van der Waals surface area contributed by atoms with Crippen LogP contribution in [0.3, 0.4) is 0 Å².